The first kappa shape index (κ1) is 27.0. The van der Waals surface area contributed by atoms with Crippen LogP contribution in [0.1, 0.15) is 36.0 Å². The van der Waals surface area contributed by atoms with Gasteiger partial charge in [-0.2, -0.15) is 0 Å². The summed E-state index contributed by atoms with van der Waals surface area (Å²) in [4.78, 5) is 21.5. The van der Waals surface area contributed by atoms with Crippen molar-refractivity contribution in [3.8, 4) is 17.0 Å². The lowest BCUT2D eigenvalue weighted by molar-refractivity contribution is 0.0654. The second-order valence-corrected chi connectivity index (χ2v) is 12.0. The van der Waals surface area contributed by atoms with E-state index in [0.717, 1.165) is 82.4 Å². The molecule has 0 radical (unpaired) electrons. The predicted octanol–water partition coefficient (Wildman–Crippen LogP) is 3.60. The number of aromatic hydroxyl groups is 1. The summed E-state index contributed by atoms with van der Waals surface area (Å²) in [6, 6.07) is 18.3. The summed E-state index contributed by atoms with van der Waals surface area (Å²) >= 11 is 0. The van der Waals surface area contributed by atoms with Gasteiger partial charge < -0.3 is 30.2 Å². The van der Waals surface area contributed by atoms with E-state index >= 15 is 0 Å². The molecule has 0 bridgehead atoms. The molecule has 1 atom stereocenters. The smallest absolute Gasteiger partial charge is 0.335 e. The van der Waals surface area contributed by atoms with Crippen LogP contribution in [0, 0.1) is 0 Å². The van der Waals surface area contributed by atoms with Crippen LogP contribution < -0.4 is 15.1 Å². The molecule has 3 fully saturated rings. The number of aromatic nitrogens is 2. The van der Waals surface area contributed by atoms with E-state index in [1.807, 2.05) is 30.3 Å². The maximum Gasteiger partial charge on any atom is 0.335 e. The van der Waals surface area contributed by atoms with Crippen molar-refractivity contribution in [1.82, 2.24) is 20.0 Å². The molecule has 3 aromatic rings. The van der Waals surface area contributed by atoms with Gasteiger partial charge in [0.15, 0.2) is 5.82 Å². The Morgan fingerprint density at radius 3 is 2.26 bits per heavy atom. The number of carboxylic acid groups (broad SMARTS) is 1. The molecule has 3 saturated heterocycles. The number of fused-ring (bicyclic) bond motifs is 3. The quantitative estimate of drug-likeness (QED) is 0.422. The van der Waals surface area contributed by atoms with Crippen LogP contribution in [0.5, 0.6) is 5.75 Å². The molecule has 1 aromatic heterocycles. The van der Waals surface area contributed by atoms with Gasteiger partial charge in [-0.05, 0) is 81.2 Å². The van der Waals surface area contributed by atoms with Crippen LogP contribution in [0.2, 0.25) is 0 Å². The molecule has 220 valence electrons. The first-order valence-corrected chi connectivity index (χ1v) is 15.3. The molecule has 3 N–H and O–H groups in total. The summed E-state index contributed by atoms with van der Waals surface area (Å²) in [5, 5.41) is 31.9. The van der Waals surface area contributed by atoms with E-state index in [9.17, 15) is 9.90 Å². The number of nitrogens with one attached hydrogen (secondary N) is 1. The average molecular weight is 570 g/mol. The number of piperidine rings is 2. The molecule has 2 aromatic carbocycles. The fourth-order valence-corrected chi connectivity index (χ4v) is 7.39. The number of carbonyl (C=O) groups is 1. The molecule has 0 aliphatic carbocycles. The Hall–Kier alpha value is -3.89. The Bertz CT molecular complexity index is 1420. The number of hydrogen-bond donors (Lipinski definition) is 3. The number of benzene rings is 2. The van der Waals surface area contributed by atoms with Gasteiger partial charge in [0, 0.05) is 62.6 Å². The van der Waals surface area contributed by atoms with Crippen molar-refractivity contribution in [2.24, 2.45) is 0 Å². The molecule has 42 heavy (non-hydrogen) atoms. The van der Waals surface area contributed by atoms with Crippen LogP contribution in [0.3, 0.4) is 0 Å². The van der Waals surface area contributed by atoms with E-state index in [-0.39, 0.29) is 5.75 Å². The van der Waals surface area contributed by atoms with E-state index in [4.69, 9.17) is 5.11 Å². The fraction of sp³-hybridized carbons (Fsp3) is 0.469. The van der Waals surface area contributed by atoms with Crippen LogP contribution in [0.15, 0.2) is 54.6 Å². The molecule has 10 heteroatoms. The number of hydrogen-bond acceptors (Lipinski definition) is 9. The maximum absolute atomic E-state index is 11.2. The van der Waals surface area contributed by atoms with E-state index in [0.29, 0.717) is 34.9 Å². The molecule has 0 amide bonds. The molecule has 4 aliphatic rings. The fourth-order valence-electron chi connectivity index (χ4n) is 7.39. The van der Waals surface area contributed by atoms with Crippen molar-refractivity contribution in [2.75, 3.05) is 67.5 Å². The largest absolute Gasteiger partial charge is 0.507 e. The first-order chi connectivity index (χ1) is 20.5. The number of para-hydroxylation sites is 1. The summed E-state index contributed by atoms with van der Waals surface area (Å²) in [6.07, 6.45) is 4.75. The molecule has 4 aliphatic heterocycles. The number of aromatic carboxylic acids is 1. The van der Waals surface area contributed by atoms with E-state index in [2.05, 4.69) is 41.2 Å². The Balaban J connectivity index is 0.920. The van der Waals surface area contributed by atoms with Gasteiger partial charge in [0.25, 0.3) is 0 Å². The standard InChI is InChI=1S/C32H39N7O3/c40-30-4-2-1-3-27(30)28-19-29-31(35-34-28)33-20-26-21-38(17-18-39(26)29)25-11-15-37(16-12-25)24-9-13-36(14-10-24)23-7-5-22(6-8-23)32(41)42/h1-8,19,24-26,40H,9-18,20-21H2,(H,33,35)(H,41,42)/t26-/m0/s1. The summed E-state index contributed by atoms with van der Waals surface area (Å²) in [7, 11) is 0. The number of likely N-dealkylation sites (tertiary alicyclic amines) is 1. The lowest BCUT2D eigenvalue weighted by Gasteiger charge is -2.50. The van der Waals surface area contributed by atoms with Crippen LogP contribution in [-0.4, -0.2) is 107 Å². The summed E-state index contributed by atoms with van der Waals surface area (Å²) in [5.41, 5.74) is 3.96. The molecular weight excluding hydrogens is 530 g/mol. The zero-order chi connectivity index (χ0) is 28.6. The minimum Gasteiger partial charge on any atom is -0.507 e. The normalized spacial score (nSPS) is 22.3. The minimum atomic E-state index is -0.875. The maximum atomic E-state index is 11.2. The van der Waals surface area contributed by atoms with Gasteiger partial charge in [-0.25, -0.2) is 4.79 Å². The van der Waals surface area contributed by atoms with E-state index in [1.54, 1.807) is 18.2 Å². The number of phenolic OH excluding ortho intramolecular Hbond substituents is 1. The average Bonchev–Trinajstić information content (AvgIpc) is 3.04. The van der Waals surface area contributed by atoms with Crippen LogP contribution >= 0.6 is 0 Å². The number of nitrogens with zero attached hydrogens (tertiary/aromatic N) is 6. The molecule has 10 nitrogen and oxygen atoms in total. The Kier molecular flexibility index (Phi) is 7.33. The minimum absolute atomic E-state index is 0.223. The van der Waals surface area contributed by atoms with Gasteiger partial charge in [-0.3, -0.25) is 4.90 Å². The van der Waals surface area contributed by atoms with Crippen molar-refractivity contribution >= 4 is 23.2 Å². The summed E-state index contributed by atoms with van der Waals surface area (Å²) < 4.78 is 0. The number of piperazine rings is 1. The third kappa shape index (κ3) is 5.25. The van der Waals surface area contributed by atoms with Crippen LogP contribution in [0.4, 0.5) is 17.2 Å². The van der Waals surface area contributed by atoms with Gasteiger partial charge in [0.2, 0.25) is 0 Å². The molecular formula is C32H39N7O3. The van der Waals surface area contributed by atoms with Gasteiger partial charge >= 0.3 is 5.97 Å². The number of rotatable bonds is 5. The second kappa shape index (κ2) is 11.4. The Labute approximate surface area is 246 Å². The van der Waals surface area contributed by atoms with E-state index in [1.165, 1.54) is 12.8 Å². The highest BCUT2D eigenvalue weighted by Crippen LogP contribution is 2.37. The van der Waals surface area contributed by atoms with Crippen molar-refractivity contribution in [3.63, 3.8) is 0 Å². The molecule has 7 rings (SSSR count). The van der Waals surface area contributed by atoms with E-state index < -0.39 is 5.97 Å². The zero-order valence-electron chi connectivity index (χ0n) is 23.9. The highest BCUT2D eigenvalue weighted by Gasteiger charge is 2.37. The Morgan fingerprint density at radius 1 is 0.810 bits per heavy atom. The van der Waals surface area contributed by atoms with Crippen molar-refractivity contribution in [3.05, 3.63) is 60.2 Å². The predicted molar refractivity (Wildman–Crippen MR) is 164 cm³/mol. The van der Waals surface area contributed by atoms with Crippen LogP contribution in [-0.2, 0) is 0 Å². The third-order valence-corrected chi connectivity index (χ3v) is 9.76. The summed E-state index contributed by atoms with van der Waals surface area (Å²) in [6.45, 7) is 8.29. The lowest BCUT2D eigenvalue weighted by atomic mass is 9.95. The van der Waals surface area contributed by atoms with Crippen molar-refractivity contribution in [2.45, 2.75) is 43.8 Å². The Morgan fingerprint density at radius 2 is 1.52 bits per heavy atom. The molecule has 0 unspecified atom stereocenters. The van der Waals surface area contributed by atoms with Gasteiger partial charge in [0.1, 0.15) is 5.75 Å². The highest BCUT2D eigenvalue weighted by molar-refractivity contribution is 5.88. The number of phenols is 1. The molecule has 0 saturated carbocycles. The number of anilines is 3. The second-order valence-electron chi connectivity index (χ2n) is 12.0. The lowest BCUT2D eigenvalue weighted by Crippen LogP contribution is -2.61. The first-order valence-electron chi connectivity index (χ1n) is 15.3. The van der Waals surface area contributed by atoms with Gasteiger partial charge in [-0.15, -0.1) is 10.2 Å². The van der Waals surface area contributed by atoms with Gasteiger partial charge in [-0.1, -0.05) is 12.1 Å². The monoisotopic (exact) mass is 569 g/mol. The SMILES string of the molecule is O=C(O)c1ccc(N2CCC(N3CCC(N4CCN5c6cc(-c7ccccc7O)nnc6NC[C@H]5C4)CC3)CC2)cc1. The molecule has 5 heterocycles. The third-order valence-electron chi connectivity index (χ3n) is 9.76. The topological polar surface area (TPSA) is 108 Å². The van der Waals surface area contributed by atoms with Crippen LogP contribution in [0.25, 0.3) is 11.3 Å². The number of carboxylic acids is 1. The van der Waals surface area contributed by atoms with Crippen molar-refractivity contribution < 1.29 is 15.0 Å². The highest BCUT2D eigenvalue weighted by atomic mass is 16.4. The molecule has 0 spiro atoms. The van der Waals surface area contributed by atoms with Crippen molar-refractivity contribution in [1.29, 1.82) is 0 Å². The van der Waals surface area contributed by atoms with Gasteiger partial charge in [0.05, 0.1) is 23.0 Å². The zero-order valence-corrected chi connectivity index (χ0v) is 23.9. The summed E-state index contributed by atoms with van der Waals surface area (Å²) in [5.74, 6) is 0.178.